The van der Waals surface area contributed by atoms with E-state index in [1.165, 1.54) is 23.1 Å². The fourth-order valence-electron chi connectivity index (χ4n) is 2.40. The standard InChI is InChI=1S/C19H18Cl2N4O3/c1-11(2)28-14-5-3-12(4-6-14)9-22-19(27)18-23-10-25(24-18)13-7-15(20)17(26)16(21)8-13/h3-8,10-11,26H,9H2,1-2H3,(H,22,27). The number of phenolic OH excluding ortho intramolecular Hbond substituents is 1. The summed E-state index contributed by atoms with van der Waals surface area (Å²) >= 11 is 11.8. The van der Waals surface area contributed by atoms with Crippen LogP contribution in [0.4, 0.5) is 0 Å². The topological polar surface area (TPSA) is 89.3 Å². The fourth-order valence-corrected chi connectivity index (χ4v) is 2.87. The molecule has 0 saturated carbocycles. The van der Waals surface area contributed by atoms with Crippen molar-refractivity contribution < 1.29 is 14.6 Å². The molecule has 0 bridgehead atoms. The second kappa shape index (κ2) is 8.50. The molecule has 1 amide bonds. The highest BCUT2D eigenvalue weighted by Gasteiger charge is 2.14. The summed E-state index contributed by atoms with van der Waals surface area (Å²) in [4.78, 5) is 16.3. The lowest BCUT2D eigenvalue weighted by molar-refractivity contribution is 0.0940. The number of ether oxygens (including phenoxy) is 1. The number of amides is 1. The van der Waals surface area contributed by atoms with Crippen LogP contribution in [0.15, 0.2) is 42.7 Å². The van der Waals surface area contributed by atoms with Crippen LogP contribution in [-0.2, 0) is 6.54 Å². The number of rotatable bonds is 6. The summed E-state index contributed by atoms with van der Waals surface area (Å²) in [7, 11) is 0. The summed E-state index contributed by atoms with van der Waals surface area (Å²) in [6.07, 6.45) is 1.47. The zero-order valence-electron chi connectivity index (χ0n) is 15.2. The zero-order chi connectivity index (χ0) is 20.3. The van der Waals surface area contributed by atoms with Crippen molar-refractivity contribution in [1.29, 1.82) is 0 Å². The normalized spacial score (nSPS) is 10.9. The lowest BCUT2D eigenvalue weighted by Crippen LogP contribution is -2.24. The summed E-state index contributed by atoms with van der Waals surface area (Å²) in [6.45, 7) is 4.24. The van der Waals surface area contributed by atoms with E-state index < -0.39 is 5.91 Å². The van der Waals surface area contributed by atoms with E-state index >= 15 is 0 Å². The molecule has 0 fully saturated rings. The first-order valence-corrected chi connectivity index (χ1v) is 9.23. The lowest BCUT2D eigenvalue weighted by atomic mass is 10.2. The molecular formula is C19H18Cl2N4O3. The number of halogens is 2. The van der Waals surface area contributed by atoms with Crippen LogP contribution in [0.2, 0.25) is 10.0 Å². The third-order valence-electron chi connectivity index (χ3n) is 3.71. The lowest BCUT2D eigenvalue weighted by Gasteiger charge is -2.10. The molecule has 0 aliphatic rings. The number of aromatic hydroxyl groups is 1. The van der Waals surface area contributed by atoms with Gasteiger partial charge < -0.3 is 15.2 Å². The number of phenols is 1. The second-order valence-corrected chi connectivity index (χ2v) is 7.08. The van der Waals surface area contributed by atoms with Crippen molar-refractivity contribution in [3.8, 4) is 17.2 Å². The molecule has 0 saturated heterocycles. The van der Waals surface area contributed by atoms with Gasteiger partial charge in [-0.15, -0.1) is 5.10 Å². The summed E-state index contributed by atoms with van der Waals surface area (Å²) in [5.74, 6) is 0.143. The fraction of sp³-hybridized carbons (Fsp3) is 0.211. The van der Waals surface area contributed by atoms with Crippen molar-refractivity contribution in [2.45, 2.75) is 26.5 Å². The van der Waals surface area contributed by atoms with Crippen molar-refractivity contribution in [1.82, 2.24) is 20.1 Å². The van der Waals surface area contributed by atoms with E-state index in [2.05, 4.69) is 15.4 Å². The minimum Gasteiger partial charge on any atom is -0.505 e. The highest BCUT2D eigenvalue weighted by atomic mass is 35.5. The zero-order valence-corrected chi connectivity index (χ0v) is 16.7. The maximum atomic E-state index is 12.3. The van der Waals surface area contributed by atoms with Crippen molar-refractivity contribution >= 4 is 29.1 Å². The van der Waals surface area contributed by atoms with E-state index in [1.807, 2.05) is 38.1 Å². The molecule has 3 rings (SSSR count). The Labute approximate surface area is 171 Å². The number of nitrogens with zero attached hydrogens (tertiary/aromatic N) is 3. The first-order chi connectivity index (χ1) is 13.3. The molecule has 0 aliphatic carbocycles. The van der Waals surface area contributed by atoms with Gasteiger partial charge in [-0.1, -0.05) is 35.3 Å². The van der Waals surface area contributed by atoms with Gasteiger partial charge in [0, 0.05) is 6.54 Å². The molecule has 0 spiro atoms. The van der Waals surface area contributed by atoms with Crippen molar-refractivity contribution in [2.24, 2.45) is 0 Å². The number of carbonyl (C=O) groups excluding carboxylic acids is 1. The van der Waals surface area contributed by atoms with E-state index in [0.717, 1.165) is 11.3 Å². The number of hydrogen-bond acceptors (Lipinski definition) is 5. The van der Waals surface area contributed by atoms with Crippen LogP contribution in [0.5, 0.6) is 11.5 Å². The SMILES string of the molecule is CC(C)Oc1ccc(CNC(=O)c2ncn(-c3cc(Cl)c(O)c(Cl)c3)n2)cc1. The highest BCUT2D eigenvalue weighted by Crippen LogP contribution is 2.33. The van der Waals surface area contributed by atoms with Gasteiger partial charge in [-0.05, 0) is 43.7 Å². The molecule has 1 heterocycles. The Morgan fingerprint density at radius 3 is 2.46 bits per heavy atom. The van der Waals surface area contributed by atoms with Gasteiger partial charge in [0.1, 0.15) is 12.1 Å². The summed E-state index contributed by atoms with van der Waals surface area (Å²) in [5, 5.41) is 16.7. The van der Waals surface area contributed by atoms with Crippen LogP contribution in [0.1, 0.15) is 30.0 Å². The first kappa shape index (κ1) is 20.0. The molecule has 7 nitrogen and oxygen atoms in total. The third kappa shape index (κ3) is 4.74. The Hall–Kier alpha value is -2.77. The van der Waals surface area contributed by atoms with Gasteiger partial charge in [0.15, 0.2) is 5.75 Å². The molecule has 1 aromatic heterocycles. The Bertz CT molecular complexity index is 964. The summed E-state index contributed by atoms with van der Waals surface area (Å²) in [6, 6.07) is 10.4. The Morgan fingerprint density at radius 1 is 1.21 bits per heavy atom. The van der Waals surface area contributed by atoms with Crippen LogP contribution >= 0.6 is 23.2 Å². The van der Waals surface area contributed by atoms with Gasteiger partial charge >= 0.3 is 0 Å². The van der Waals surface area contributed by atoms with Gasteiger partial charge in [-0.25, -0.2) is 9.67 Å². The van der Waals surface area contributed by atoms with Gasteiger partial charge in [-0.2, -0.15) is 0 Å². The van der Waals surface area contributed by atoms with Crippen molar-refractivity contribution in [3.63, 3.8) is 0 Å². The molecule has 0 aliphatic heterocycles. The summed E-state index contributed by atoms with van der Waals surface area (Å²) < 4.78 is 6.94. The van der Waals surface area contributed by atoms with E-state index in [0.29, 0.717) is 12.2 Å². The largest absolute Gasteiger partial charge is 0.505 e. The number of carbonyl (C=O) groups is 1. The molecule has 0 radical (unpaired) electrons. The van der Waals surface area contributed by atoms with Crippen LogP contribution in [0, 0.1) is 0 Å². The van der Waals surface area contributed by atoms with Gasteiger partial charge in [-0.3, -0.25) is 4.79 Å². The summed E-state index contributed by atoms with van der Waals surface area (Å²) in [5.41, 5.74) is 1.39. The molecule has 146 valence electrons. The van der Waals surface area contributed by atoms with Gasteiger partial charge in [0.05, 0.1) is 21.8 Å². The van der Waals surface area contributed by atoms with Crippen LogP contribution in [0.3, 0.4) is 0 Å². The number of aromatic nitrogens is 3. The van der Waals surface area contributed by atoms with E-state index in [4.69, 9.17) is 27.9 Å². The number of benzene rings is 2. The average molecular weight is 421 g/mol. The Kier molecular flexibility index (Phi) is 6.06. The van der Waals surface area contributed by atoms with Crippen molar-refractivity contribution in [3.05, 3.63) is 64.2 Å². The monoisotopic (exact) mass is 420 g/mol. The second-order valence-electron chi connectivity index (χ2n) is 6.26. The highest BCUT2D eigenvalue weighted by molar-refractivity contribution is 6.37. The van der Waals surface area contributed by atoms with E-state index in [9.17, 15) is 9.90 Å². The molecule has 0 unspecified atom stereocenters. The minimum atomic E-state index is -0.419. The number of nitrogens with one attached hydrogen (secondary N) is 1. The Morgan fingerprint density at radius 2 is 1.86 bits per heavy atom. The molecule has 2 N–H and O–H groups in total. The molecule has 9 heteroatoms. The average Bonchev–Trinajstić information content (AvgIpc) is 3.15. The van der Waals surface area contributed by atoms with Crippen LogP contribution < -0.4 is 10.1 Å². The quantitative estimate of drug-likeness (QED) is 0.628. The van der Waals surface area contributed by atoms with Gasteiger partial charge in [0.2, 0.25) is 5.82 Å². The molecule has 2 aromatic carbocycles. The predicted molar refractivity (Wildman–Crippen MR) is 106 cm³/mol. The van der Waals surface area contributed by atoms with E-state index in [-0.39, 0.29) is 27.7 Å². The minimum absolute atomic E-state index is 0.0000752. The van der Waals surface area contributed by atoms with E-state index in [1.54, 1.807) is 0 Å². The Balaban J connectivity index is 1.64. The van der Waals surface area contributed by atoms with Crippen LogP contribution in [0.25, 0.3) is 5.69 Å². The molecule has 0 atom stereocenters. The number of hydrogen-bond donors (Lipinski definition) is 2. The third-order valence-corrected chi connectivity index (χ3v) is 4.29. The maximum absolute atomic E-state index is 12.3. The smallest absolute Gasteiger partial charge is 0.291 e. The molecule has 3 aromatic rings. The van der Waals surface area contributed by atoms with Crippen molar-refractivity contribution in [2.75, 3.05) is 0 Å². The van der Waals surface area contributed by atoms with Gasteiger partial charge in [0.25, 0.3) is 5.91 Å². The predicted octanol–water partition coefficient (Wildman–Crippen LogP) is 4.00. The van der Waals surface area contributed by atoms with Crippen LogP contribution in [-0.4, -0.2) is 31.9 Å². The molecule has 28 heavy (non-hydrogen) atoms. The first-order valence-electron chi connectivity index (χ1n) is 8.47. The maximum Gasteiger partial charge on any atom is 0.291 e. The molecular weight excluding hydrogens is 403 g/mol.